The van der Waals surface area contributed by atoms with Crippen molar-refractivity contribution in [3.8, 4) is 0 Å². The number of hydrazine groups is 1. The van der Waals surface area contributed by atoms with Gasteiger partial charge >= 0.3 is 6.08 Å². The third kappa shape index (κ3) is 2.36. The number of halogens is 1. The predicted molar refractivity (Wildman–Crippen MR) is 48.0 cm³/mol. The first-order chi connectivity index (χ1) is 6.84. The van der Waals surface area contributed by atoms with Gasteiger partial charge in [-0.25, -0.2) is 9.99 Å². The van der Waals surface area contributed by atoms with Gasteiger partial charge in [-0.1, -0.05) is 0 Å². The van der Waals surface area contributed by atoms with Gasteiger partial charge in [-0.15, -0.1) is 0 Å². The second kappa shape index (κ2) is 4.30. The number of aromatic nitrogens is 2. The van der Waals surface area contributed by atoms with Gasteiger partial charge in [0.15, 0.2) is 0 Å². The molecule has 1 aromatic heterocycles. The standard InChI is InChI=1S/C8H11FN4O/c9-8-10-2-1-7(11-8)12-13-3-5-14-6-4-13/h1-2H,3-6H2,(H,10,11,12). The molecule has 0 aliphatic carbocycles. The lowest BCUT2D eigenvalue weighted by atomic mass is 10.5. The van der Waals surface area contributed by atoms with Gasteiger partial charge in [0, 0.05) is 25.4 Å². The van der Waals surface area contributed by atoms with Gasteiger partial charge in [0.25, 0.3) is 0 Å². The average Bonchev–Trinajstić information content (AvgIpc) is 2.19. The van der Waals surface area contributed by atoms with Gasteiger partial charge in [-0.05, 0) is 0 Å². The van der Waals surface area contributed by atoms with E-state index in [-0.39, 0.29) is 0 Å². The Kier molecular flexibility index (Phi) is 2.85. The molecule has 1 aliphatic heterocycles. The Morgan fingerprint density at radius 1 is 1.43 bits per heavy atom. The molecule has 0 radical (unpaired) electrons. The van der Waals surface area contributed by atoms with Crippen LogP contribution in [-0.4, -0.2) is 41.3 Å². The van der Waals surface area contributed by atoms with E-state index >= 15 is 0 Å². The minimum atomic E-state index is -0.719. The lowest BCUT2D eigenvalue weighted by molar-refractivity contribution is 0.0494. The van der Waals surface area contributed by atoms with E-state index < -0.39 is 6.08 Å². The van der Waals surface area contributed by atoms with Crippen molar-refractivity contribution in [2.24, 2.45) is 0 Å². The molecule has 14 heavy (non-hydrogen) atoms. The predicted octanol–water partition coefficient (Wildman–Crippen LogP) is 0.275. The molecule has 1 N–H and O–H groups in total. The molecular weight excluding hydrogens is 187 g/mol. The molecule has 1 aliphatic rings. The summed E-state index contributed by atoms with van der Waals surface area (Å²) in [6.07, 6.45) is 0.661. The molecule has 5 nitrogen and oxygen atoms in total. The molecule has 0 aromatic carbocycles. The molecule has 1 fully saturated rings. The van der Waals surface area contributed by atoms with Gasteiger partial charge < -0.3 is 10.2 Å². The highest BCUT2D eigenvalue weighted by Crippen LogP contribution is 2.04. The molecular formula is C8H11FN4O. The van der Waals surface area contributed by atoms with E-state index in [1.807, 2.05) is 5.01 Å². The molecule has 1 aromatic rings. The zero-order chi connectivity index (χ0) is 9.80. The lowest BCUT2D eigenvalue weighted by Crippen LogP contribution is -2.40. The summed E-state index contributed by atoms with van der Waals surface area (Å²) < 4.78 is 17.8. The normalized spacial score (nSPS) is 18.1. The topological polar surface area (TPSA) is 50.3 Å². The van der Waals surface area contributed by atoms with Crippen molar-refractivity contribution in [2.75, 3.05) is 31.7 Å². The van der Waals surface area contributed by atoms with Gasteiger partial charge in [0.05, 0.1) is 13.2 Å². The average molecular weight is 198 g/mol. The maximum Gasteiger partial charge on any atom is 0.310 e. The molecule has 6 heteroatoms. The van der Waals surface area contributed by atoms with Crippen LogP contribution in [0.2, 0.25) is 0 Å². The third-order valence-corrected chi connectivity index (χ3v) is 1.91. The van der Waals surface area contributed by atoms with E-state index in [1.54, 1.807) is 6.07 Å². The monoisotopic (exact) mass is 198 g/mol. The van der Waals surface area contributed by atoms with Crippen molar-refractivity contribution in [2.45, 2.75) is 0 Å². The zero-order valence-corrected chi connectivity index (χ0v) is 7.61. The number of nitrogens with zero attached hydrogens (tertiary/aromatic N) is 3. The maximum atomic E-state index is 12.6. The van der Waals surface area contributed by atoms with Crippen molar-refractivity contribution >= 4 is 5.82 Å². The van der Waals surface area contributed by atoms with Crippen LogP contribution in [-0.2, 0) is 4.74 Å². The minimum Gasteiger partial charge on any atom is -0.379 e. The van der Waals surface area contributed by atoms with Crippen LogP contribution in [0.15, 0.2) is 12.3 Å². The smallest absolute Gasteiger partial charge is 0.310 e. The third-order valence-electron chi connectivity index (χ3n) is 1.91. The summed E-state index contributed by atoms with van der Waals surface area (Å²) in [7, 11) is 0. The quantitative estimate of drug-likeness (QED) is 0.691. The van der Waals surface area contributed by atoms with Crippen LogP contribution in [0.3, 0.4) is 0 Å². The number of nitrogens with one attached hydrogen (secondary N) is 1. The molecule has 0 bridgehead atoms. The van der Waals surface area contributed by atoms with E-state index in [1.165, 1.54) is 6.20 Å². The zero-order valence-electron chi connectivity index (χ0n) is 7.61. The van der Waals surface area contributed by atoms with E-state index in [4.69, 9.17) is 4.74 Å². The van der Waals surface area contributed by atoms with Crippen LogP contribution >= 0.6 is 0 Å². The van der Waals surface area contributed by atoms with Crippen LogP contribution < -0.4 is 5.43 Å². The number of hydrogen-bond donors (Lipinski definition) is 1. The molecule has 0 saturated carbocycles. The molecule has 0 unspecified atom stereocenters. The second-order valence-corrected chi connectivity index (χ2v) is 2.92. The molecule has 0 amide bonds. The first-order valence-electron chi connectivity index (χ1n) is 4.42. The summed E-state index contributed by atoms with van der Waals surface area (Å²) in [6, 6.07) is 1.62. The second-order valence-electron chi connectivity index (χ2n) is 2.92. The molecule has 1 saturated heterocycles. The van der Waals surface area contributed by atoms with Crippen molar-refractivity contribution in [1.82, 2.24) is 15.0 Å². The summed E-state index contributed by atoms with van der Waals surface area (Å²) in [5.74, 6) is 0.472. The molecule has 0 spiro atoms. The Hall–Kier alpha value is -1.27. The van der Waals surface area contributed by atoms with Gasteiger partial charge in [-0.3, -0.25) is 0 Å². The van der Waals surface area contributed by atoms with E-state index in [0.717, 1.165) is 13.1 Å². The summed E-state index contributed by atoms with van der Waals surface area (Å²) in [4.78, 5) is 6.97. The SMILES string of the molecule is Fc1nccc(NN2CCOCC2)n1. The minimum absolute atomic E-state index is 0.472. The fourth-order valence-corrected chi connectivity index (χ4v) is 1.23. The summed E-state index contributed by atoms with van der Waals surface area (Å²) in [6.45, 7) is 2.90. The van der Waals surface area contributed by atoms with E-state index in [0.29, 0.717) is 19.0 Å². The molecule has 76 valence electrons. The van der Waals surface area contributed by atoms with E-state index in [2.05, 4.69) is 15.4 Å². The number of ether oxygens (including phenoxy) is 1. The highest BCUT2D eigenvalue weighted by Gasteiger charge is 2.10. The Morgan fingerprint density at radius 3 is 2.93 bits per heavy atom. The summed E-state index contributed by atoms with van der Waals surface area (Å²) in [5.41, 5.74) is 2.98. The van der Waals surface area contributed by atoms with Crippen molar-refractivity contribution < 1.29 is 9.13 Å². The molecule has 2 rings (SSSR count). The van der Waals surface area contributed by atoms with Crippen LogP contribution in [0.5, 0.6) is 0 Å². The first-order valence-corrected chi connectivity index (χ1v) is 4.42. The molecule has 0 atom stereocenters. The summed E-state index contributed by atoms with van der Waals surface area (Å²) >= 11 is 0. The van der Waals surface area contributed by atoms with Crippen molar-refractivity contribution in [1.29, 1.82) is 0 Å². The van der Waals surface area contributed by atoms with Crippen LogP contribution in [0.4, 0.5) is 10.2 Å². The van der Waals surface area contributed by atoms with Crippen LogP contribution in [0.1, 0.15) is 0 Å². The van der Waals surface area contributed by atoms with E-state index in [9.17, 15) is 4.39 Å². The summed E-state index contributed by atoms with van der Waals surface area (Å²) in [5, 5.41) is 1.94. The fourth-order valence-electron chi connectivity index (χ4n) is 1.23. The number of hydrogen-bond acceptors (Lipinski definition) is 5. The lowest BCUT2D eigenvalue weighted by Gasteiger charge is -2.27. The number of anilines is 1. The maximum absolute atomic E-state index is 12.6. The highest BCUT2D eigenvalue weighted by molar-refractivity contribution is 5.30. The highest BCUT2D eigenvalue weighted by atomic mass is 19.1. The Balaban J connectivity index is 1.95. The van der Waals surface area contributed by atoms with Crippen LogP contribution in [0.25, 0.3) is 0 Å². The van der Waals surface area contributed by atoms with Crippen molar-refractivity contribution in [3.05, 3.63) is 18.3 Å². The Morgan fingerprint density at radius 2 is 2.21 bits per heavy atom. The fraction of sp³-hybridized carbons (Fsp3) is 0.500. The van der Waals surface area contributed by atoms with Gasteiger partial charge in [-0.2, -0.15) is 9.37 Å². The molecule has 2 heterocycles. The van der Waals surface area contributed by atoms with Gasteiger partial charge in [0.2, 0.25) is 0 Å². The van der Waals surface area contributed by atoms with Gasteiger partial charge in [0.1, 0.15) is 5.82 Å². The van der Waals surface area contributed by atoms with Crippen LogP contribution in [0, 0.1) is 6.08 Å². The Bertz CT molecular complexity index is 303. The largest absolute Gasteiger partial charge is 0.379 e. The Labute approximate surface area is 80.9 Å². The van der Waals surface area contributed by atoms with Crippen molar-refractivity contribution in [3.63, 3.8) is 0 Å². The number of rotatable bonds is 2. The number of morpholine rings is 1. The first kappa shape index (κ1) is 9.29.